The summed E-state index contributed by atoms with van der Waals surface area (Å²) < 4.78 is 33.4. The highest BCUT2D eigenvalue weighted by Crippen LogP contribution is 2.26. The van der Waals surface area contributed by atoms with E-state index in [0.29, 0.717) is 26.2 Å². The number of nitrogens with zero attached hydrogens (tertiary/aromatic N) is 2. The second-order valence-corrected chi connectivity index (χ2v) is 7.50. The van der Waals surface area contributed by atoms with E-state index in [4.69, 9.17) is 11.2 Å². The van der Waals surface area contributed by atoms with Gasteiger partial charge in [0.2, 0.25) is 0 Å². The quantitative estimate of drug-likeness (QED) is 0.782. The van der Waals surface area contributed by atoms with Crippen LogP contribution in [0.5, 0.6) is 5.75 Å². The molecule has 2 aliphatic heterocycles. The van der Waals surface area contributed by atoms with E-state index in [9.17, 15) is 8.42 Å². The molecule has 0 spiro atoms. The zero-order valence-electron chi connectivity index (χ0n) is 13.0. The number of rotatable bonds is 5. The molecule has 0 saturated carbocycles. The van der Waals surface area contributed by atoms with Crippen LogP contribution >= 0.6 is 0 Å². The third-order valence-electron chi connectivity index (χ3n) is 4.19. The summed E-state index contributed by atoms with van der Waals surface area (Å²) in [6.07, 6.45) is 6.07. The molecule has 7 heteroatoms. The van der Waals surface area contributed by atoms with Gasteiger partial charge in [-0.15, -0.1) is 6.42 Å². The molecule has 1 saturated heterocycles. The Morgan fingerprint density at radius 1 is 1.26 bits per heavy atom. The Labute approximate surface area is 137 Å². The van der Waals surface area contributed by atoms with E-state index in [1.54, 1.807) is 0 Å². The molecule has 1 aromatic carbocycles. The first-order valence-electron chi connectivity index (χ1n) is 7.73. The van der Waals surface area contributed by atoms with Crippen molar-refractivity contribution in [2.24, 2.45) is 0 Å². The molecule has 1 fully saturated rings. The number of ether oxygens (including phenoxy) is 1. The molecule has 23 heavy (non-hydrogen) atoms. The van der Waals surface area contributed by atoms with Gasteiger partial charge in [0.05, 0.1) is 13.2 Å². The summed E-state index contributed by atoms with van der Waals surface area (Å²) >= 11 is 0. The Balaban J connectivity index is 1.54. The number of piperazine rings is 1. The van der Waals surface area contributed by atoms with Crippen molar-refractivity contribution >= 4 is 10.2 Å². The van der Waals surface area contributed by atoms with Crippen molar-refractivity contribution in [1.29, 1.82) is 0 Å². The van der Waals surface area contributed by atoms with Gasteiger partial charge in [0.1, 0.15) is 5.75 Å². The lowest BCUT2D eigenvalue weighted by Gasteiger charge is -2.33. The summed E-state index contributed by atoms with van der Waals surface area (Å²) in [4.78, 5) is 2.27. The maximum absolute atomic E-state index is 12.0. The third kappa shape index (κ3) is 3.85. The summed E-state index contributed by atoms with van der Waals surface area (Å²) in [6, 6.07) is 6.31. The van der Waals surface area contributed by atoms with E-state index >= 15 is 0 Å². The van der Waals surface area contributed by atoms with Crippen molar-refractivity contribution < 1.29 is 13.2 Å². The molecular weight excluding hydrogens is 314 g/mol. The minimum atomic E-state index is -3.45. The number of terminal acetylenes is 1. The van der Waals surface area contributed by atoms with Gasteiger partial charge in [0, 0.05) is 39.1 Å². The molecule has 0 aliphatic carbocycles. The fraction of sp³-hybridized carbons (Fsp3) is 0.500. The molecular formula is C16H21N3O3S. The summed E-state index contributed by atoms with van der Waals surface area (Å²) in [5.41, 5.74) is 2.51. The van der Waals surface area contributed by atoms with Crippen molar-refractivity contribution in [3.05, 3.63) is 29.3 Å². The SMILES string of the molecule is C#CCNS(=O)(=O)N1CCN(Cc2ccc3c(c2)CCO3)CC1. The minimum Gasteiger partial charge on any atom is -0.493 e. The topological polar surface area (TPSA) is 61.9 Å². The molecule has 1 aromatic rings. The van der Waals surface area contributed by atoms with Gasteiger partial charge < -0.3 is 4.74 Å². The first-order chi connectivity index (χ1) is 11.1. The van der Waals surface area contributed by atoms with Crippen LogP contribution < -0.4 is 9.46 Å². The molecule has 0 unspecified atom stereocenters. The van der Waals surface area contributed by atoms with Crippen molar-refractivity contribution in [2.75, 3.05) is 39.3 Å². The summed E-state index contributed by atoms with van der Waals surface area (Å²) in [5.74, 6) is 3.28. The molecule has 124 valence electrons. The van der Waals surface area contributed by atoms with E-state index in [0.717, 1.165) is 25.3 Å². The predicted octanol–water partition coefficient (Wildman–Crippen LogP) is 0.207. The van der Waals surface area contributed by atoms with Crippen LogP contribution in [0.15, 0.2) is 18.2 Å². The second kappa shape index (κ2) is 6.89. The normalized spacial score (nSPS) is 19.1. The molecule has 0 bridgehead atoms. The lowest BCUT2D eigenvalue weighted by Crippen LogP contribution is -2.51. The number of nitrogens with one attached hydrogen (secondary N) is 1. The lowest BCUT2D eigenvalue weighted by atomic mass is 10.1. The standard InChI is InChI=1S/C16H21N3O3S/c1-2-6-17-23(20,21)19-9-7-18(8-10-19)13-14-3-4-16-15(12-14)5-11-22-16/h1,3-4,12,17H,5-11,13H2. The largest absolute Gasteiger partial charge is 0.493 e. The minimum absolute atomic E-state index is 0.0275. The van der Waals surface area contributed by atoms with E-state index < -0.39 is 10.2 Å². The van der Waals surface area contributed by atoms with Gasteiger partial charge in [0.25, 0.3) is 10.2 Å². The van der Waals surface area contributed by atoms with Gasteiger partial charge in [0.15, 0.2) is 0 Å². The van der Waals surface area contributed by atoms with E-state index in [1.807, 2.05) is 6.07 Å². The maximum Gasteiger partial charge on any atom is 0.280 e. The maximum atomic E-state index is 12.0. The van der Waals surface area contributed by atoms with Gasteiger partial charge in [-0.2, -0.15) is 17.4 Å². The smallest absolute Gasteiger partial charge is 0.280 e. The summed E-state index contributed by atoms with van der Waals surface area (Å²) in [5, 5.41) is 0. The van der Waals surface area contributed by atoms with Crippen molar-refractivity contribution in [3.8, 4) is 18.1 Å². The van der Waals surface area contributed by atoms with Crippen molar-refractivity contribution in [2.45, 2.75) is 13.0 Å². The molecule has 0 radical (unpaired) electrons. The number of benzene rings is 1. The average Bonchev–Trinajstić information content (AvgIpc) is 3.01. The van der Waals surface area contributed by atoms with Crippen LogP contribution in [0.4, 0.5) is 0 Å². The van der Waals surface area contributed by atoms with Gasteiger partial charge in [-0.3, -0.25) is 4.90 Å². The monoisotopic (exact) mass is 335 g/mol. The van der Waals surface area contributed by atoms with Gasteiger partial charge in [-0.05, 0) is 17.2 Å². The highest BCUT2D eigenvalue weighted by atomic mass is 32.2. The van der Waals surface area contributed by atoms with Crippen molar-refractivity contribution in [3.63, 3.8) is 0 Å². The van der Waals surface area contributed by atoms with Crippen molar-refractivity contribution in [1.82, 2.24) is 13.9 Å². The molecule has 2 heterocycles. The Morgan fingerprint density at radius 3 is 2.78 bits per heavy atom. The zero-order chi connectivity index (χ0) is 16.3. The van der Waals surface area contributed by atoms with Gasteiger partial charge in [-0.25, -0.2) is 0 Å². The molecule has 0 amide bonds. The first kappa shape index (κ1) is 16.3. The predicted molar refractivity (Wildman–Crippen MR) is 88.2 cm³/mol. The summed E-state index contributed by atoms with van der Waals surface area (Å²) in [7, 11) is -3.45. The first-order valence-corrected chi connectivity index (χ1v) is 9.17. The fourth-order valence-corrected chi connectivity index (χ4v) is 4.04. The zero-order valence-corrected chi connectivity index (χ0v) is 13.8. The fourth-order valence-electron chi connectivity index (χ4n) is 2.95. The number of hydrogen-bond acceptors (Lipinski definition) is 4. The number of fused-ring (bicyclic) bond motifs is 1. The Bertz CT molecular complexity index is 704. The van der Waals surface area contributed by atoms with Crippen LogP contribution in [0, 0.1) is 12.3 Å². The second-order valence-electron chi connectivity index (χ2n) is 5.75. The van der Waals surface area contributed by atoms with Crippen LogP contribution in [0.1, 0.15) is 11.1 Å². The van der Waals surface area contributed by atoms with Crippen LogP contribution in [0.2, 0.25) is 0 Å². The average molecular weight is 335 g/mol. The highest BCUT2D eigenvalue weighted by molar-refractivity contribution is 7.87. The highest BCUT2D eigenvalue weighted by Gasteiger charge is 2.26. The van der Waals surface area contributed by atoms with Crippen LogP contribution in [0.25, 0.3) is 0 Å². The third-order valence-corrected chi connectivity index (χ3v) is 5.74. The Kier molecular flexibility index (Phi) is 4.87. The van der Waals surface area contributed by atoms with Gasteiger partial charge >= 0.3 is 0 Å². The Morgan fingerprint density at radius 2 is 2.04 bits per heavy atom. The summed E-state index contributed by atoms with van der Waals surface area (Å²) in [6.45, 7) is 4.01. The van der Waals surface area contributed by atoms with Crippen LogP contribution in [-0.4, -0.2) is 57.0 Å². The van der Waals surface area contributed by atoms with Crippen LogP contribution in [0.3, 0.4) is 0 Å². The van der Waals surface area contributed by atoms with E-state index in [-0.39, 0.29) is 6.54 Å². The molecule has 6 nitrogen and oxygen atoms in total. The van der Waals surface area contributed by atoms with Gasteiger partial charge in [-0.1, -0.05) is 18.1 Å². The molecule has 0 atom stereocenters. The Hall–Kier alpha value is -1.59. The molecule has 1 N–H and O–H groups in total. The number of hydrogen-bond donors (Lipinski definition) is 1. The molecule has 0 aromatic heterocycles. The molecule has 3 rings (SSSR count). The van der Waals surface area contributed by atoms with E-state index in [1.165, 1.54) is 15.4 Å². The molecule has 2 aliphatic rings. The van der Waals surface area contributed by atoms with Crippen LogP contribution in [-0.2, 0) is 23.2 Å². The van der Waals surface area contributed by atoms with E-state index in [2.05, 4.69) is 27.7 Å². The lowest BCUT2D eigenvalue weighted by molar-refractivity contribution is 0.180.